The average Bonchev–Trinajstić information content (AvgIpc) is 3.20. The zero-order valence-electron chi connectivity index (χ0n) is 25.3. The number of benzene rings is 4. The maximum absolute atomic E-state index is 14.1. The summed E-state index contributed by atoms with van der Waals surface area (Å²) in [6.45, 7) is 4.16. The van der Waals surface area contributed by atoms with Crippen molar-refractivity contribution in [2.75, 3.05) is 26.2 Å². The minimum Gasteiger partial charge on any atom is -0.370 e. The van der Waals surface area contributed by atoms with Gasteiger partial charge in [0.25, 0.3) is 5.91 Å². The van der Waals surface area contributed by atoms with Crippen molar-refractivity contribution in [1.82, 2.24) is 15.5 Å². The van der Waals surface area contributed by atoms with Gasteiger partial charge in [-0.1, -0.05) is 91.0 Å². The van der Waals surface area contributed by atoms with Crippen molar-refractivity contribution in [3.8, 4) is 0 Å². The van der Waals surface area contributed by atoms with Gasteiger partial charge in [0.15, 0.2) is 5.96 Å². The Bertz CT molecular complexity index is 1550. The monoisotopic (exact) mass is 590 g/mol. The molecule has 0 unspecified atom stereocenters. The number of nitrogens with zero attached hydrogens (tertiary/aromatic N) is 2. The van der Waals surface area contributed by atoms with Crippen LogP contribution in [-0.2, 0) is 10.2 Å². The van der Waals surface area contributed by atoms with E-state index in [2.05, 4.69) is 46.8 Å². The highest BCUT2D eigenvalue weighted by atomic mass is 16.2. The van der Waals surface area contributed by atoms with Crippen LogP contribution in [0.2, 0.25) is 0 Å². The summed E-state index contributed by atoms with van der Waals surface area (Å²) in [5.74, 6) is -0.0336. The van der Waals surface area contributed by atoms with E-state index in [-0.39, 0.29) is 23.8 Å². The molecule has 0 aliphatic carbocycles. The number of amides is 2. The second-order valence-electron chi connectivity index (χ2n) is 11.7. The van der Waals surface area contributed by atoms with Crippen molar-refractivity contribution in [3.05, 3.63) is 120 Å². The topological polar surface area (TPSA) is 126 Å². The number of hydrogen-bond acceptors (Lipinski definition) is 4. The van der Waals surface area contributed by atoms with Gasteiger partial charge in [0.05, 0.1) is 6.04 Å². The zero-order chi connectivity index (χ0) is 30.9. The number of nitrogens with one attached hydrogen (secondary N) is 2. The molecule has 2 atom stereocenters. The molecule has 1 saturated heterocycles. The van der Waals surface area contributed by atoms with Gasteiger partial charge in [0.2, 0.25) is 5.91 Å². The molecular formula is C36H42N6O2. The summed E-state index contributed by atoms with van der Waals surface area (Å²) >= 11 is 0. The molecule has 8 heteroatoms. The fourth-order valence-electron chi connectivity index (χ4n) is 6.10. The van der Waals surface area contributed by atoms with Crippen LogP contribution >= 0.6 is 0 Å². The average molecular weight is 591 g/mol. The summed E-state index contributed by atoms with van der Waals surface area (Å²) in [6.07, 6.45) is 1.93. The van der Waals surface area contributed by atoms with Crippen molar-refractivity contribution >= 4 is 28.5 Å². The minimum atomic E-state index is -0.426. The van der Waals surface area contributed by atoms with E-state index < -0.39 is 11.5 Å². The van der Waals surface area contributed by atoms with Gasteiger partial charge in [0, 0.05) is 43.2 Å². The van der Waals surface area contributed by atoms with Gasteiger partial charge in [-0.05, 0) is 60.2 Å². The molecule has 2 amide bonds. The van der Waals surface area contributed by atoms with Gasteiger partial charge in [-0.3, -0.25) is 14.6 Å². The van der Waals surface area contributed by atoms with Gasteiger partial charge in [-0.2, -0.15) is 0 Å². The van der Waals surface area contributed by atoms with Crippen molar-refractivity contribution in [3.63, 3.8) is 0 Å². The van der Waals surface area contributed by atoms with E-state index >= 15 is 0 Å². The van der Waals surface area contributed by atoms with Crippen molar-refractivity contribution in [1.29, 1.82) is 0 Å². The molecule has 228 valence electrons. The summed E-state index contributed by atoms with van der Waals surface area (Å²) in [7, 11) is 0. The fourth-order valence-corrected chi connectivity index (χ4v) is 6.10. The molecule has 0 aromatic heterocycles. The van der Waals surface area contributed by atoms with E-state index in [0.29, 0.717) is 51.0 Å². The first-order valence-electron chi connectivity index (χ1n) is 15.3. The van der Waals surface area contributed by atoms with E-state index in [1.54, 1.807) is 0 Å². The fraction of sp³-hybridized carbons (Fsp3) is 0.306. The van der Waals surface area contributed by atoms with E-state index in [1.807, 2.05) is 83.8 Å². The molecule has 8 nitrogen and oxygen atoms in total. The number of rotatable bonds is 11. The predicted octanol–water partition coefficient (Wildman–Crippen LogP) is 4.19. The van der Waals surface area contributed by atoms with Crippen molar-refractivity contribution in [2.45, 2.75) is 43.7 Å². The third kappa shape index (κ3) is 7.44. The minimum absolute atomic E-state index is 0.0440. The number of nitrogens with two attached hydrogens (primary N) is 2. The lowest BCUT2D eigenvalue weighted by molar-refractivity contribution is -0.133. The molecule has 4 aromatic rings. The number of guanidine groups is 1. The van der Waals surface area contributed by atoms with Crippen LogP contribution < -0.4 is 22.1 Å². The molecule has 0 bridgehead atoms. The van der Waals surface area contributed by atoms with Crippen LogP contribution in [0, 0.1) is 0 Å². The summed E-state index contributed by atoms with van der Waals surface area (Å²) in [5.41, 5.74) is 13.6. The Balaban J connectivity index is 1.34. The van der Waals surface area contributed by atoms with E-state index in [9.17, 15) is 9.59 Å². The van der Waals surface area contributed by atoms with Crippen molar-refractivity contribution in [2.24, 2.45) is 16.5 Å². The molecule has 6 N–H and O–H groups in total. The number of fused-ring (bicyclic) bond motifs is 1. The third-order valence-corrected chi connectivity index (χ3v) is 8.59. The number of hydrogen-bond donors (Lipinski definition) is 4. The van der Waals surface area contributed by atoms with Crippen LogP contribution in [0.25, 0.3) is 10.8 Å². The Morgan fingerprint density at radius 1 is 0.932 bits per heavy atom. The maximum atomic E-state index is 14.1. The first-order chi connectivity index (χ1) is 21.3. The summed E-state index contributed by atoms with van der Waals surface area (Å²) in [5, 5.41) is 8.79. The van der Waals surface area contributed by atoms with Crippen LogP contribution in [0.5, 0.6) is 0 Å². The molecule has 0 spiro atoms. The van der Waals surface area contributed by atoms with E-state index in [0.717, 1.165) is 21.9 Å². The second kappa shape index (κ2) is 14.2. The highest BCUT2D eigenvalue weighted by molar-refractivity contribution is 5.98. The molecule has 5 rings (SSSR count). The van der Waals surface area contributed by atoms with E-state index in [4.69, 9.17) is 11.5 Å². The number of carbonyl (C=O) groups is 2. The number of aliphatic imine (C=N–C) groups is 1. The lowest BCUT2D eigenvalue weighted by Crippen LogP contribution is -2.50. The predicted molar refractivity (Wildman–Crippen MR) is 177 cm³/mol. The summed E-state index contributed by atoms with van der Waals surface area (Å²) in [4.78, 5) is 33.4. The Kier molecular flexibility index (Phi) is 9.92. The number of carbonyl (C=O) groups excluding carboxylic acids is 2. The lowest BCUT2D eigenvalue weighted by atomic mass is 9.75. The highest BCUT2D eigenvalue weighted by Crippen LogP contribution is 2.33. The van der Waals surface area contributed by atoms with Crippen LogP contribution in [0.15, 0.2) is 108 Å². The Hall–Kier alpha value is -4.69. The Morgan fingerprint density at radius 2 is 1.57 bits per heavy atom. The molecule has 1 fully saturated rings. The normalized spacial score (nSPS) is 17.2. The Labute approximate surface area is 259 Å². The van der Waals surface area contributed by atoms with E-state index in [1.165, 1.54) is 0 Å². The Morgan fingerprint density at radius 3 is 2.23 bits per heavy atom. The molecule has 1 aliphatic rings. The lowest BCUT2D eigenvalue weighted by Gasteiger charge is -2.37. The molecule has 1 heterocycles. The maximum Gasteiger partial charge on any atom is 0.251 e. The molecular weight excluding hydrogens is 548 g/mol. The quantitative estimate of drug-likeness (QED) is 0.118. The third-order valence-electron chi connectivity index (χ3n) is 8.59. The van der Waals surface area contributed by atoms with Gasteiger partial charge in [0.1, 0.15) is 0 Å². The van der Waals surface area contributed by atoms with Crippen molar-refractivity contribution < 1.29 is 9.59 Å². The molecule has 0 saturated carbocycles. The van der Waals surface area contributed by atoms with Gasteiger partial charge >= 0.3 is 0 Å². The molecule has 1 aliphatic heterocycles. The SMILES string of the molecule is CC(CN1CC[C@H](CNC(=O)c2ccc3ccccc3c2)N[C@H](CCCN=C(N)N)C1=O)(c1ccccc1)c1ccccc1. The van der Waals surface area contributed by atoms with Gasteiger partial charge < -0.3 is 27.0 Å². The van der Waals surface area contributed by atoms with Crippen LogP contribution in [0.3, 0.4) is 0 Å². The van der Waals surface area contributed by atoms with Gasteiger partial charge in [-0.15, -0.1) is 0 Å². The summed E-state index contributed by atoms with van der Waals surface area (Å²) in [6, 6.07) is 33.9. The highest BCUT2D eigenvalue weighted by Gasteiger charge is 2.37. The first-order valence-corrected chi connectivity index (χ1v) is 15.3. The zero-order valence-corrected chi connectivity index (χ0v) is 25.3. The second-order valence-corrected chi connectivity index (χ2v) is 11.7. The standard InChI is InChI=1S/C36H42N6O2/c1-36(29-13-4-2-5-14-29,30-15-6-3-7-16-30)25-42-22-20-31(41-32(34(42)44)17-10-21-39-35(37)38)24-40-33(43)28-19-18-26-11-8-9-12-27(26)23-28/h2-9,11-16,18-19,23,31-32,41H,10,17,20-22,24-25H2,1H3,(H,40,43)(H4,37,38,39)/t31-,32-/m1/s1. The summed E-state index contributed by atoms with van der Waals surface area (Å²) < 4.78 is 0. The van der Waals surface area contributed by atoms with Crippen LogP contribution in [-0.4, -0.2) is 60.9 Å². The van der Waals surface area contributed by atoms with Crippen LogP contribution in [0.1, 0.15) is 47.7 Å². The smallest absolute Gasteiger partial charge is 0.251 e. The largest absolute Gasteiger partial charge is 0.370 e. The molecule has 0 radical (unpaired) electrons. The molecule has 44 heavy (non-hydrogen) atoms. The van der Waals surface area contributed by atoms with Gasteiger partial charge in [-0.25, -0.2) is 0 Å². The van der Waals surface area contributed by atoms with Crippen LogP contribution in [0.4, 0.5) is 0 Å². The molecule has 4 aromatic carbocycles. The first kappa shape index (κ1) is 30.8.